The van der Waals surface area contributed by atoms with Crippen molar-refractivity contribution >= 4 is 17.6 Å². The van der Waals surface area contributed by atoms with Crippen LogP contribution in [-0.2, 0) is 4.79 Å². The molecule has 0 aliphatic rings. The standard InChI is InChI=1S/C14H20N2O4/c1-9(4-3-5-13(17)18)16-14(19)11-7-6-10(20-2)8-12(11)15/h6-9H,3-5,15H2,1-2H3,(H,16,19)(H,17,18). The van der Waals surface area contributed by atoms with E-state index in [1.54, 1.807) is 18.2 Å². The fourth-order valence-electron chi connectivity index (χ4n) is 1.81. The fourth-order valence-corrected chi connectivity index (χ4v) is 1.81. The number of carboxylic acid groups (broad SMARTS) is 1. The molecule has 0 spiro atoms. The molecular weight excluding hydrogens is 260 g/mol. The van der Waals surface area contributed by atoms with Crippen LogP contribution in [0.4, 0.5) is 5.69 Å². The van der Waals surface area contributed by atoms with Crippen LogP contribution < -0.4 is 15.8 Å². The number of nitrogen functional groups attached to an aromatic ring is 1. The molecule has 1 aromatic carbocycles. The smallest absolute Gasteiger partial charge is 0.303 e. The van der Waals surface area contributed by atoms with Crippen molar-refractivity contribution in [1.29, 1.82) is 0 Å². The van der Waals surface area contributed by atoms with Crippen molar-refractivity contribution < 1.29 is 19.4 Å². The Morgan fingerprint density at radius 1 is 1.45 bits per heavy atom. The third-order valence-electron chi connectivity index (χ3n) is 2.91. The molecule has 0 aliphatic carbocycles. The molecule has 6 nitrogen and oxygen atoms in total. The van der Waals surface area contributed by atoms with E-state index >= 15 is 0 Å². The van der Waals surface area contributed by atoms with E-state index in [2.05, 4.69) is 5.32 Å². The molecule has 0 aromatic heterocycles. The Balaban J connectivity index is 2.55. The van der Waals surface area contributed by atoms with Crippen molar-refractivity contribution in [1.82, 2.24) is 5.32 Å². The van der Waals surface area contributed by atoms with E-state index in [1.807, 2.05) is 6.92 Å². The number of hydrogen-bond donors (Lipinski definition) is 3. The van der Waals surface area contributed by atoms with Gasteiger partial charge in [0.25, 0.3) is 5.91 Å². The number of nitrogens with one attached hydrogen (secondary N) is 1. The van der Waals surface area contributed by atoms with Gasteiger partial charge in [-0.1, -0.05) is 0 Å². The molecule has 1 unspecified atom stereocenters. The van der Waals surface area contributed by atoms with E-state index in [-0.39, 0.29) is 18.4 Å². The third kappa shape index (κ3) is 4.79. The van der Waals surface area contributed by atoms with Gasteiger partial charge in [-0.15, -0.1) is 0 Å². The molecule has 0 fully saturated rings. The molecule has 0 bridgehead atoms. The number of methoxy groups -OCH3 is 1. The maximum absolute atomic E-state index is 12.0. The van der Waals surface area contributed by atoms with E-state index in [0.29, 0.717) is 29.8 Å². The van der Waals surface area contributed by atoms with Gasteiger partial charge in [0.2, 0.25) is 0 Å². The summed E-state index contributed by atoms with van der Waals surface area (Å²) in [6.45, 7) is 1.83. The lowest BCUT2D eigenvalue weighted by Gasteiger charge is -2.14. The lowest BCUT2D eigenvalue weighted by Crippen LogP contribution is -2.33. The van der Waals surface area contributed by atoms with Crippen molar-refractivity contribution in [2.45, 2.75) is 32.2 Å². The summed E-state index contributed by atoms with van der Waals surface area (Å²) in [6, 6.07) is 4.75. The van der Waals surface area contributed by atoms with Crippen LogP contribution >= 0.6 is 0 Å². The van der Waals surface area contributed by atoms with Gasteiger partial charge in [0, 0.05) is 24.2 Å². The normalized spacial score (nSPS) is 11.7. The molecule has 6 heteroatoms. The number of ether oxygens (including phenoxy) is 1. The molecule has 110 valence electrons. The second kappa shape index (κ2) is 7.37. The predicted octanol–water partition coefficient (Wildman–Crippen LogP) is 1.65. The minimum atomic E-state index is -0.831. The first-order chi connectivity index (χ1) is 9.43. The molecule has 1 atom stereocenters. The summed E-state index contributed by atoms with van der Waals surface area (Å²) in [5.74, 6) is -0.510. The summed E-state index contributed by atoms with van der Waals surface area (Å²) in [4.78, 5) is 22.4. The highest BCUT2D eigenvalue weighted by Gasteiger charge is 2.13. The van der Waals surface area contributed by atoms with Crippen LogP contribution in [0.15, 0.2) is 18.2 Å². The largest absolute Gasteiger partial charge is 0.497 e. The maximum Gasteiger partial charge on any atom is 0.303 e. The number of anilines is 1. The van der Waals surface area contributed by atoms with Gasteiger partial charge in [0.1, 0.15) is 5.75 Å². The van der Waals surface area contributed by atoms with Gasteiger partial charge in [-0.25, -0.2) is 0 Å². The number of amides is 1. The summed E-state index contributed by atoms with van der Waals surface area (Å²) in [7, 11) is 1.53. The summed E-state index contributed by atoms with van der Waals surface area (Å²) in [6.07, 6.45) is 1.23. The first kappa shape index (κ1) is 15.8. The van der Waals surface area contributed by atoms with Gasteiger partial charge in [-0.3, -0.25) is 9.59 Å². The summed E-state index contributed by atoms with van der Waals surface area (Å²) in [5.41, 5.74) is 6.53. The highest BCUT2D eigenvalue weighted by atomic mass is 16.5. The molecule has 20 heavy (non-hydrogen) atoms. The van der Waals surface area contributed by atoms with Crippen LogP contribution in [-0.4, -0.2) is 30.1 Å². The van der Waals surface area contributed by atoms with Crippen LogP contribution in [0, 0.1) is 0 Å². The Morgan fingerprint density at radius 3 is 2.70 bits per heavy atom. The summed E-state index contributed by atoms with van der Waals surface area (Å²) in [5, 5.41) is 11.4. The van der Waals surface area contributed by atoms with E-state index < -0.39 is 5.97 Å². The average Bonchev–Trinajstić information content (AvgIpc) is 2.37. The first-order valence-corrected chi connectivity index (χ1v) is 6.40. The molecule has 1 amide bonds. The maximum atomic E-state index is 12.0. The quantitative estimate of drug-likeness (QED) is 0.659. The van der Waals surface area contributed by atoms with Crippen molar-refractivity contribution in [2.75, 3.05) is 12.8 Å². The topological polar surface area (TPSA) is 102 Å². The van der Waals surface area contributed by atoms with E-state index in [4.69, 9.17) is 15.6 Å². The number of nitrogens with two attached hydrogens (primary N) is 1. The fraction of sp³-hybridized carbons (Fsp3) is 0.429. The molecule has 0 heterocycles. The number of carbonyl (C=O) groups is 2. The van der Waals surface area contributed by atoms with Crippen molar-refractivity contribution in [3.63, 3.8) is 0 Å². The van der Waals surface area contributed by atoms with Crippen LogP contribution in [0.25, 0.3) is 0 Å². The molecular formula is C14H20N2O4. The molecule has 0 radical (unpaired) electrons. The molecule has 0 saturated carbocycles. The Labute approximate surface area is 117 Å². The number of carbonyl (C=O) groups excluding carboxylic acids is 1. The van der Waals surface area contributed by atoms with Gasteiger partial charge in [-0.05, 0) is 31.9 Å². The Hall–Kier alpha value is -2.24. The van der Waals surface area contributed by atoms with Gasteiger partial charge in [0.05, 0.1) is 12.7 Å². The Bertz CT molecular complexity index is 488. The summed E-state index contributed by atoms with van der Waals surface area (Å²) >= 11 is 0. The summed E-state index contributed by atoms with van der Waals surface area (Å²) < 4.78 is 5.02. The monoisotopic (exact) mass is 280 g/mol. The minimum absolute atomic E-state index is 0.102. The van der Waals surface area contributed by atoms with Gasteiger partial charge < -0.3 is 20.9 Å². The van der Waals surface area contributed by atoms with E-state index in [1.165, 1.54) is 7.11 Å². The second-order valence-electron chi connectivity index (χ2n) is 4.61. The Morgan fingerprint density at radius 2 is 2.15 bits per heavy atom. The highest BCUT2D eigenvalue weighted by Crippen LogP contribution is 2.19. The number of benzene rings is 1. The third-order valence-corrected chi connectivity index (χ3v) is 2.91. The lowest BCUT2D eigenvalue weighted by atomic mass is 10.1. The van der Waals surface area contributed by atoms with Crippen LogP contribution in [0.5, 0.6) is 5.75 Å². The highest BCUT2D eigenvalue weighted by molar-refractivity contribution is 5.99. The Kier molecular flexibility index (Phi) is 5.83. The van der Waals surface area contributed by atoms with Crippen LogP contribution in [0.2, 0.25) is 0 Å². The predicted molar refractivity (Wildman–Crippen MR) is 75.8 cm³/mol. The molecule has 1 aromatic rings. The van der Waals surface area contributed by atoms with Gasteiger partial charge in [-0.2, -0.15) is 0 Å². The lowest BCUT2D eigenvalue weighted by molar-refractivity contribution is -0.137. The van der Waals surface area contributed by atoms with Crippen LogP contribution in [0.3, 0.4) is 0 Å². The van der Waals surface area contributed by atoms with Crippen LogP contribution in [0.1, 0.15) is 36.5 Å². The minimum Gasteiger partial charge on any atom is -0.497 e. The SMILES string of the molecule is COc1ccc(C(=O)NC(C)CCCC(=O)O)c(N)c1. The molecule has 4 N–H and O–H groups in total. The molecule has 1 rings (SSSR count). The van der Waals surface area contributed by atoms with Gasteiger partial charge >= 0.3 is 5.97 Å². The number of hydrogen-bond acceptors (Lipinski definition) is 4. The number of carboxylic acids is 1. The van der Waals surface area contributed by atoms with E-state index in [0.717, 1.165) is 0 Å². The van der Waals surface area contributed by atoms with Crippen molar-refractivity contribution in [3.8, 4) is 5.75 Å². The zero-order valence-corrected chi connectivity index (χ0v) is 11.7. The average molecular weight is 280 g/mol. The second-order valence-corrected chi connectivity index (χ2v) is 4.61. The number of aliphatic carboxylic acids is 1. The zero-order chi connectivity index (χ0) is 15.1. The van der Waals surface area contributed by atoms with Crippen molar-refractivity contribution in [3.05, 3.63) is 23.8 Å². The van der Waals surface area contributed by atoms with Crippen molar-refractivity contribution in [2.24, 2.45) is 0 Å². The number of rotatable bonds is 7. The molecule has 0 saturated heterocycles. The van der Waals surface area contributed by atoms with Gasteiger partial charge in [0.15, 0.2) is 0 Å². The zero-order valence-electron chi connectivity index (χ0n) is 11.7. The first-order valence-electron chi connectivity index (χ1n) is 6.40. The van der Waals surface area contributed by atoms with E-state index in [9.17, 15) is 9.59 Å². The molecule has 0 aliphatic heterocycles.